The lowest BCUT2D eigenvalue weighted by Gasteiger charge is -2.21. The molecule has 0 saturated heterocycles. The van der Waals surface area contributed by atoms with Crippen LogP contribution < -0.4 is 11.1 Å². The van der Waals surface area contributed by atoms with Crippen molar-refractivity contribution in [3.8, 4) is 0 Å². The summed E-state index contributed by atoms with van der Waals surface area (Å²) in [5.74, 6) is -0.209. The van der Waals surface area contributed by atoms with Gasteiger partial charge in [-0.3, -0.25) is 15.0 Å². The quantitative estimate of drug-likeness (QED) is 0.448. The first-order valence-electron chi connectivity index (χ1n) is 5.59. The van der Waals surface area contributed by atoms with Crippen molar-refractivity contribution in [1.29, 1.82) is 5.41 Å². The zero-order valence-electron chi connectivity index (χ0n) is 10.9. The van der Waals surface area contributed by atoms with Gasteiger partial charge in [0.1, 0.15) is 0 Å². The highest BCUT2D eigenvalue weighted by Gasteiger charge is 2.19. The molecule has 0 spiro atoms. The Bertz CT molecular complexity index is 302. The van der Waals surface area contributed by atoms with Crippen LogP contribution in [0.5, 0.6) is 0 Å². The molecule has 0 aromatic rings. The molecule has 0 aromatic carbocycles. The summed E-state index contributed by atoms with van der Waals surface area (Å²) in [5.41, 5.74) is 5.22. The van der Waals surface area contributed by atoms with Gasteiger partial charge >= 0.3 is 0 Å². The summed E-state index contributed by atoms with van der Waals surface area (Å²) in [7, 11) is 1.55. The van der Waals surface area contributed by atoms with E-state index < -0.39 is 6.04 Å². The maximum atomic E-state index is 11.6. The molecule has 0 aliphatic rings. The van der Waals surface area contributed by atoms with Crippen molar-refractivity contribution < 1.29 is 9.59 Å². The van der Waals surface area contributed by atoms with Crippen LogP contribution in [0.15, 0.2) is 0 Å². The first-order valence-corrected chi connectivity index (χ1v) is 5.59. The van der Waals surface area contributed by atoms with Crippen molar-refractivity contribution in [3.05, 3.63) is 0 Å². The van der Waals surface area contributed by atoms with Crippen LogP contribution in [0.2, 0.25) is 0 Å². The lowest BCUT2D eigenvalue weighted by molar-refractivity contribution is -0.127. The Morgan fingerprint density at radius 1 is 1.41 bits per heavy atom. The van der Waals surface area contributed by atoms with Crippen molar-refractivity contribution in [3.63, 3.8) is 0 Å². The zero-order chi connectivity index (χ0) is 13.6. The number of amides is 1. The molecule has 0 aliphatic carbocycles. The number of nitrogens with two attached hydrogens (primary N) is 1. The van der Waals surface area contributed by atoms with E-state index in [0.29, 0.717) is 12.3 Å². The second-order valence-electron chi connectivity index (χ2n) is 4.60. The molecule has 0 unspecified atom stereocenters. The van der Waals surface area contributed by atoms with Crippen molar-refractivity contribution in [2.45, 2.75) is 33.2 Å². The molecule has 1 amide bonds. The Morgan fingerprint density at radius 3 is 2.29 bits per heavy atom. The fourth-order valence-electron chi connectivity index (χ4n) is 1.34. The maximum absolute atomic E-state index is 11.6. The number of carbonyl (C=O) groups excluding carboxylic acids is 2. The minimum Gasteiger partial charge on any atom is -0.370 e. The van der Waals surface area contributed by atoms with E-state index in [0.717, 1.165) is 0 Å². The van der Waals surface area contributed by atoms with Crippen LogP contribution in [-0.2, 0) is 9.59 Å². The van der Waals surface area contributed by atoms with Crippen LogP contribution >= 0.6 is 0 Å². The standard InChI is InChI=1S/C11H22N4O2/c1-7(2)5-9(8(3)16)14-10(17)6-15(4)11(12)13/h7,9H,5-6H2,1-4H3,(H3,12,13)(H,14,17)/t9-/m0/s1. The van der Waals surface area contributed by atoms with E-state index in [1.54, 1.807) is 7.05 Å². The molecular weight excluding hydrogens is 220 g/mol. The van der Waals surface area contributed by atoms with Gasteiger partial charge in [-0.1, -0.05) is 13.8 Å². The second kappa shape index (κ2) is 6.88. The summed E-state index contributed by atoms with van der Waals surface area (Å²) in [4.78, 5) is 24.2. The van der Waals surface area contributed by atoms with Gasteiger partial charge in [0.05, 0.1) is 12.6 Å². The summed E-state index contributed by atoms with van der Waals surface area (Å²) in [5, 5.41) is 9.78. The van der Waals surface area contributed by atoms with Crippen LogP contribution in [0, 0.1) is 11.3 Å². The van der Waals surface area contributed by atoms with Gasteiger partial charge in [-0.2, -0.15) is 0 Å². The van der Waals surface area contributed by atoms with Crippen LogP contribution in [0.1, 0.15) is 27.2 Å². The Hall–Kier alpha value is -1.59. The highest BCUT2D eigenvalue weighted by molar-refractivity contribution is 5.89. The third-order valence-corrected chi connectivity index (χ3v) is 2.33. The Morgan fingerprint density at radius 2 is 1.94 bits per heavy atom. The lowest BCUT2D eigenvalue weighted by atomic mass is 10.0. The molecule has 0 bridgehead atoms. The summed E-state index contributed by atoms with van der Waals surface area (Å²) in [6.45, 7) is 5.42. The number of Topliss-reactive ketones (excluding diaryl/α,β-unsaturated/α-hetero) is 1. The lowest BCUT2D eigenvalue weighted by Crippen LogP contribution is -2.47. The fraction of sp³-hybridized carbons (Fsp3) is 0.727. The van der Waals surface area contributed by atoms with Gasteiger partial charge in [-0.15, -0.1) is 0 Å². The fourth-order valence-corrected chi connectivity index (χ4v) is 1.34. The minimum atomic E-state index is -0.456. The molecule has 0 aliphatic heterocycles. The summed E-state index contributed by atoms with van der Waals surface area (Å²) in [6, 6.07) is -0.456. The molecule has 1 atom stereocenters. The number of guanidine groups is 1. The van der Waals surface area contributed by atoms with Gasteiger partial charge in [0, 0.05) is 7.05 Å². The van der Waals surface area contributed by atoms with E-state index in [2.05, 4.69) is 5.32 Å². The van der Waals surface area contributed by atoms with Gasteiger partial charge in [-0.25, -0.2) is 0 Å². The molecule has 0 saturated carbocycles. The van der Waals surface area contributed by atoms with Gasteiger partial charge in [0.2, 0.25) is 5.91 Å². The van der Waals surface area contributed by atoms with Crippen LogP contribution in [0.25, 0.3) is 0 Å². The third kappa shape index (κ3) is 6.55. The number of ketones is 1. The normalized spacial score (nSPS) is 12.1. The second-order valence-corrected chi connectivity index (χ2v) is 4.60. The Kier molecular flexibility index (Phi) is 6.23. The smallest absolute Gasteiger partial charge is 0.240 e. The highest BCUT2D eigenvalue weighted by Crippen LogP contribution is 2.05. The molecule has 6 nitrogen and oxygen atoms in total. The minimum absolute atomic E-state index is 0.0167. The number of carbonyl (C=O) groups is 2. The van der Waals surface area contributed by atoms with Crippen LogP contribution in [0.3, 0.4) is 0 Å². The Labute approximate surface area is 102 Å². The van der Waals surface area contributed by atoms with Crippen LogP contribution in [0.4, 0.5) is 0 Å². The predicted molar refractivity (Wildman–Crippen MR) is 66.6 cm³/mol. The van der Waals surface area contributed by atoms with Crippen molar-refractivity contribution >= 4 is 17.6 Å². The molecule has 0 fully saturated rings. The predicted octanol–water partition coefficient (Wildman–Crippen LogP) is -0.0684. The average Bonchev–Trinajstić information content (AvgIpc) is 2.15. The van der Waals surface area contributed by atoms with Gasteiger partial charge < -0.3 is 16.0 Å². The largest absolute Gasteiger partial charge is 0.370 e. The number of nitrogens with zero attached hydrogens (tertiary/aromatic N) is 1. The van der Waals surface area contributed by atoms with E-state index in [1.807, 2.05) is 13.8 Å². The number of rotatable bonds is 6. The first kappa shape index (κ1) is 15.4. The molecular formula is C11H22N4O2. The van der Waals surface area contributed by atoms with Crippen molar-refractivity contribution in [2.24, 2.45) is 11.7 Å². The summed E-state index contributed by atoms with van der Waals surface area (Å²) in [6.07, 6.45) is 0.616. The van der Waals surface area contributed by atoms with E-state index >= 15 is 0 Å². The van der Waals surface area contributed by atoms with Gasteiger partial charge in [0.15, 0.2) is 11.7 Å². The summed E-state index contributed by atoms with van der Waals surface area (Å²) < 4.78 is 0. The Balaban J connectivity index is 4.31. The number of nitrogens with one attached hydrogen (secondary N) is 2. The molecule has 0 rings (SSSR count). The monoisotopic (exact) mass is 242 g/mol. The third-order valence-electron chi connectivity index (χ3n) is 2.33. The van der Waals surface area contributed by atoms with Gasteiger partial charge in [-0.05, 0) is 19.3 Å². The summed E-state index contributed by atoms with van der Waals surface area (Å²) >= 11 is 0. The number of likely N-dealkylation sites (N-methyl/N-ethyl adjacent to an activating group) is 1. The molecule has 6 heteroatoms. The van der Waals surface area contributed by atoms with E-state index in [9.17, 15) is 9.59 Å². The molecule has 17 heavy (non-hydrogen) atoms. The zero-order valence-corrected chi connectivity index (χ0v) is 10.9. The molecule has 98 valence electrons. The maximum Gasteiger partial charge on any atom is 0.240 e. The molecule has 4 N–H and O–H groups in total. The first-order chi connectivity index (χ1) is 7.73. The number of hydrogen-bond acceptors (Lipinski definition) is 3. The average molecular weight is 242 g/mol. The van der Waals surface area contributed by atoms with Gasteiger partial charge in [0.25, 0.3) is 0 Å². The molecule has 0 heterocycles. The number of hydrogen-bond donors (Lipinski definition) is 3. The van der Waals surface area contributed by atoms with E-state index in [4.69, 9.17) is 11.1 Å². The SMILES string of the molecule is CC(=O)[C@H](CC(C)C)NC(=O)CN(C)C(=N)N. The van der Waals surface area contributed by atoms with E-state index in [1.165, 1.54) is 11.8 Å². The topological polar surface area (TPSA) is 99.3 Å². The molecule has 0 aromatic heterocycles. The van der Waals surface area contributed by atoms with E-state index in [-0.39, 0.29) is 24.2 Å². The molecule has 0 radical (unpaired) electrons. The van der Waals surface area contributed by atoms with Crippen LogP contribution in [-0.4, -0.2) is 42.2 Å². The van der Waals surface area contributed by atoms with Crippen molar-refractivity contribution in [1.82, 2.24) is 10.2 Å². The highest BCUT2D eigenvalue weighted by atomic mass is 16.2. The van der Waals surface area contributed by atoms with Crippen molar-refractivity contribution in [2.75, 3.05) is 13.6 Å².